The van der Waals surface area contributed by atoms with Crippen LogP contribution in [0.25, 0.3) is 33.1 Å². The molecule has 0 aliphatic carbocycles. The molecule has 0 radical (unpaired) electrons. The molecule has 25 heavy (non-hydrogen) atoms. The lowest BCUT2D eigenvalue weighted by Crippen LogP contribution is -2.22. The molecule has 0 aliphatic heterocycles. The number of pyridine rings is 1. The second-order valence-electron chi connectivity index (χ2n) is 5.84. The fourth-order valence-corrected chi connectivity index (χ4v) is 2.93. The van der Waals surface area contributed by atoms with Crippen LogP contribution in [0.3, 0.4) is 0 Å². The van der Waals surface area contributed by atoms with Crippen molar-refractivity contribution in [2.45, 2.75) is 12.6 Å². The van der Waals surface area contributed by atoms with Crippen molar-refractivity contribution >= 4 is 27.6 Å². The Bertz CT molecular complexity index is 1020. The van der Waals surface area contributed by atoms with Crippen LogP contribution in [0.5, 0.6) is 0 Å². The fraction of sp³-hybridized carbons (Fsp3) is 0.235. The SMILES string of the molecule is CO[C@@H](CO)Cn1cc2c(n1)c(N)nc1cc(-c3cc[nH]n3)ccc12. The summed E-state index contributed by atoms with van der Waals surface area (Å²) in [6.07, 6.45) is 3.37. The predicted octanol–water partition coefficient (Wildman–Crippen LogP) is 1.56. The molecule has 3 aromatic heterocycles. The molecule has 1 aromatic carbocycles. The van der Waals surface area contributed by atoms with E-state index in [9.17, 15) is 5.11 Å². The van der Waals surface area contributed by atoms with E-state index in [2.05, 4.69) is 20.3 Å². The minimum atomic E-state index is -0.318. The first-order chi connectivity index (χ1) is 12.2. The van der Waals surface area contributed by atoms with Crippen LogP contribution in [0, 0.1) is 0 Å². The standard InChI is InChI=1S/C17H18N6O2/c1-25-11(9-24)7-23-8-13-12-3-2-10(14-4-5-19-21-14)6-15(12)20-17(18)16(13)22-23/h2-6,8,11,24H,7,9H2,1H3,(H2,18,20)(H,19,21)/t11-/m1/s1. The molecule has 4 rings (SSSR count). The number of nitrogens with two attached hydrogens (primary N) is 1. The molecule has 0 bridgehead atoms. The van der Waals surface area contributed by atoms with Gasteiger partial charge in [-0.3, -0.25) is 9.78 Å². The Kier molecular flexibility index (Phi) is 3.83. The number of methoxy groups -OCH3 is 1. The molecular formula is C17H18N6O2. The predicted molar refractivity (Wildman–Crippen MR) is 94.9 cm³/mol. The van der Waals surface area contributed by atoms with Crippen molar-refractivity contribution in [3.05, 3.63) is 36.7 Å². The third-order valence-electron chi connectivity index (χ3n) is 4.26. The van der Waals surface area contributed by atoms with Gasteiger partial charge in [0.15, 0.2) is 5.82 Å². The molecule has 8 nitrogen and oxygen atoms in total. The van der Waals surface area contributed by atoms with Crippen LogP contribution in [-0.2, 0) is 11.3 Å². The Labute approximate surface area is 143 Å². The molecule has 0 amide bonds. The van der Waals surface area contributed by atoms with Crippen molar-refractivity contribution in [3.8, 4) is 11.3 Å². The number of aromatic amines is 1. The lowest BCUT2D eigenvalue weighted by molar-refractivity contribution is 0.0350. The van der Waals surface area contributed by atoms with Gasteiger partial charge in [-0.2, -0.15) is 10.2 Å². The highest BCUT2D eigenvalue weighted by atomic mass is 16.5. The van der Waals surface area contributed by atoms with Gasteiger partial charge in [0.25, 0.3) is 0 Å². The maximum absolute atomic E-state index is 9.30. The molecule has 0 saturated heterocycles. The Balaban J connectivity index is 1.84. The zero-order valence-electron chi connectivity index (χ0n) is 13.7. The third kappa shape index (κ3) is 2.71. The minimum absolute atomic E-state index is 0.0752. The summed E-state index contributed by atoms with van der Waals surface area (Å²) >= 11 is 0. The second-order valence-corrected chi connectivity index (χ2v) is 5.84. The Morgan fingerprint density at radius 1 is 1.32 bits per heavy atom. The molecule has 4 N–H and O–H groups in total. The number of nitrogen functional groups attached to an aromatic ring is 1. The zero-order valence-corrected chi connectivity index (χ0v) is 13.7. The van der Waals surface area contributed by atoms with Crippen LogP contribution in [0.2, 0.25) is 0 Å². The number of aromatic nitrogens is 5. The number of ether oxygens (including phenoxy) is 1. The lowest BCUT2D eigenvalue weighted by atomic mass is 10.1. The van der Waals surface area contributed by atoms with E-state index in [4.69, 9.17) is 10.5 Å². The van der Waals surface area contributed by atoms with Gasteiger partial charge in [0, 0.05) is 35.8 Å². The van der Waals surface area contributed by atoms with Gasteiger partial charge in [-0.05, 0) is 12.1 Å². The molecule has 0 spiro atoms. The topological polar surface area (TPSA) is 115 Å². The molecule has 4 aromatic rings. The van der Waals surface area contributed by atoms with Crippen molar-refractivity contribution in [1.29, 1.82) is 0 Å². The van der Waals surface area contributed by atoms with E-state index in [1.54, 1.807) is 18.0 Å². The lowest BCUT2D eigenvalue weighted by Gasteiger charge is -2.11. The molecule has 0 saturated carbocycles. The number of nitrogens with zero attached hydrogens (tertiary/aromatic N) is 4. The fourth-order valence-electron chi connectivity index (χ4n) is 2.93. The number of nitrogens with one attached hydrogen (secondary N) is 1. The number of rotatable bonds is 5. The van der Waals surface area contributed by atoms with Gasteiger partial charge in [0.1, 0.15) is 5.52 Å². The number of benzene rings is 1. The van der Waals surface area contributed by atoms with Crippen molar-refractivity contribution in [3.63, 3.8) is 0 Å². The summed E-state index contributed by atoms with van der Waals surface area (Å²) in [7, 11) is 1.56. The zero-order chi connectivity index (χ0) is 17.4. The summed E-state index contributed by atoms with van der Waals surface area (Å²) in [5.41, 5.74) is 9.36. The summed E-state index contributed by atoms with van der Waals surface area (Å²) in [5.74, 6) is 0.374. The number of anilines is 1. The highest BCUT2D eigenvalue weighted by Crippen LogP contribution is 2.30. The first-order valence-corrected chi connectivity index (χ1v) is 7.90. The molecule has 128 valence electrons. The first kappa shape index (κ1) is 15.6. The highest BCUT2D eigenvalue weighted by Gasteiger charge is 2.14. The van der Waals surface area contributed by atoms with Crippen LogP contribution >= 0.6 is 0 Å². The summed E-state index contributed by atoms with van der Waals surface area (Å²) in [6.45, 7) is 0.363. The Morgan fingerprint density at radius 2 is 2.20 bits per heavy atom. The van der Waals surface area contributed by atoms with Gasteiger partial charge in [-0.25, -0.2) is 4.98 Å². The minimum Gasteiger partial charge on any atom is -0.394 e. The molecule has 8 heteroatoms. The van der Waals surface area contributed by atoms with Crippen molar-refractivity contribution < 1.29 is 9.84 Å². The molecule has 0 unspecified atom stereocenters. The Morgan fingerprint density at radius 3 is 2.92 bits per heavy atom. The van der Waals surface area contributed by atoms with E-state index < -0.39 is 0 Å². The molecule has 0 aliphatic rings. The summed E-state index contributed by atoms with van der Waals surface area (Å²) in [6, 6.07) is 7.87. The quantitative estimate of drug-likeness (QED) is 0.509. The Hall–Kier alpha value is -2.97. The van der Waals surface area contributed by atoms with Crippen LogP contribution < -0.4 is 5.73 Å². The summed E-state index contributed by atoms with van der Waals surface area (Å²) in [4.78, 5) is 4.49. The van der Waals surface area contributed by atoms with Crippen molar-refractivity contribution in [2.75, 3.05) is 19.5 Å². The largest absolute Gasteiger partial charge is 0.394 e. The molecule has 0 fully saturated rings. The molecular weight excluding hydrogens is 320 g/mol. The van der Waals surface area contributed by atoms with Gasteiger partial charge in [-0.1, -0.05) is 12.1 Å². The number of hydrogen-bond donors (Lipinski definition) is 3. The van der Waals surface area contributed by atoms with E-state index in [0.717, 1.165) is 27.5 Å². The van der Waals surface area contributed by atoms with Gasteiger partial charge < -0.3 is 15.6 Å². The summed E-state index contributed by atoms with van der Waals surface area (Å²) < 4.78 is 6.94. The maximum atomic E-state index is 9.30. The monoisotopic (exact) mass is 338 g/mol. The first-order valence-electron chi connectivity index (χ1n) is 7.90. The van der Waals surface area contributed by atoms with Crippen LogP contribution in [0.4, 0.5) is 5.82 Å². The van der Waals surface area contributed by atoms with Crippen LogP contribution in [0.15, 0.2) is 36.7 Å². The maximum Gasteiger partial charge on any atom is 0.152 e. The van der Waals surface area contributed by atoms with Crippen LogP contribution in [0.1, 0.15) is 0 Å². The van der Waals surface area contributed by atoms with Crippen molar-refractivity contribution in [2.24, 2.45) is 0 Å². The highest BCUT2D eigenvalue weighted by molar-refractivity contribution is 6.08. The van der Waals surface area contributed by atoms with Gasteiger partial charge >= 0.3 is 0 Å². The molecule has 3 heterocycles. The number of hydrogen-bond acceptors (Lipinski definition) is 6. The van der Waals surface area contributed by atoms with Gasteiger partial charge in [-0.15, -0.1) is 0 Å². The number of aliphatic hydroxyl groups is 1. The number of fused-ring (bicyclic) bond motifs is 3. The average Bonchev–Trinajstić information content (AvgIpc) is 3.29. The van der Waals surface area contributed by atoms with Crippen LogP contribution in [-0.4, -0.2) is 49.9 Å². The van der Waals surface area contributed by atoms with E-state index in [1.165, 1.54) is 0 Å². The van der Waals surface area contributed by atoms with E-state index >= 15 is 0 Å². The van der Waals surface area contributed by atoms with E-state index in [-0.39, 0.29) is 12.7 Å². The van der Waals surface area contributed by atoms with E-state index in [1.807, 2.05) is 30.5 Å². The average molecular weight is 338 g/mol. The van der Waals surface area contributed by atoms with Gasteiger partial charge in [0.05, 0.1) is 30.5 Å². The van der Waals surface area contributed by atoms with Crippen molar-refractivity contribution in [1.82, 2.24) is 25.0 Å². The van der Waals surface area contributed by atoms with Gasteiger partial charge in [0.2, 0.25) is 0 Å². The smallest absolute Gasteiger partial charge is 0.152 e. The second kappa shape index (κ2) is 6.15. The number of aliphatic hydroxyl groups excluding tert-OH is 1. The number of H-pyrrole nitrogens is 1. The molecule has 1 atom stereocenters. The van der Waals surface area contributed by atoms with E-state index in [0.29, 0.717) is 17.9 Å². The third-order valence-corrected chi connectivity index (χ3v) is 4.26. The normalized spacial score (nSPS) is 12.9. The summed E-state index contributed by atoms with van der Waals surface area (Å²) in [5, 5.41) is 22.7.